The summed E-state index contributed by atoms with van der Waals surface area (Å²) in [5.41, 5.74) is 1.86. The summed E-state index contributed by atoms with van der Waals surface area (Å²) in [7, 11) is 1.67. The van der Waals surface area contributed by atoms with Gasteiger partial charge in [-0.2, -0.15) is 0 Å². The lowest BCUT2D eigenvalue weighted by Crippen LogP contribution is -2.40. The van der Waals surface area contributed by atoms with E-state index in [9.17, 15) is 4.79 Å². The average molecular weight is 275 g/mol. The molecule has 1 atom stereocenters. The normalized spacial score (nSPS) is 12.4. The van der Waals surface area contributed by atoms with E-state index < -0.39 is 0 Å². The molecule has 1 heterocycles. The van der Waals surface area contributed by atoms with Crippen LogP contribution in [0.25, 0.3) is 10.9 Å². The van der Waals surface area contributed by atoms with Gasteiger partial charge in [-0.3, -0.25) is 0 Å². The Morgan fingerprint density at radius 1 is 1.45 bits per heavy atom. The van der Waals surface area contributed by atoms with E-state index in [2.05, 4.69) is 22.9 Å². The number of nitrogens with zero attached hydrogens (tertiary/aromatic N) is 2. The molecule has 0 aliphatic rings. The fourth-order valence-corrected chi connectivity index (χ4v) is 2.07. The second-order valence-electron chi connectivity index (χ2n) is 4.95. The second-order valence-corrected chi connectivity index (χ2v) is 4.95. The number of aryl methyl sites for hydroxylation is 1. The molecule has 2 amide bonds. The van der Waals surface area contributed by atoms with Crippen LogP contribution < -0.4 is 5.32 Å². The molecule has 108 valence electrons. The van der Waals surface area contributed by atoms with Gasteiger partial charge in [-0.1, -0.05) is 6.07 Å². The van der Waals surface area contributed by atoms with Gasteiger partial charge in [0.15, 0.2) is 0 Å². The van der Waals surface area contributed by atoms with Crippen LogP contribution in [0.15, 0.2) is 30.5 Å². The fourth-order valence-electron chi connectivity index (χ4n) is 2.07. The summed E-state index contributed by atoms with van der Waals surface area (Å²) >= 11 is 0. The number of anilines is 1. The van der Waals surface area contributed by atoms with Gasteiger partial charge >= 0.3 is 6.03 Å². The summed E-state index contributed by atoms with van der Waals surface area (Å²) in [5.74, 6) is 0. The van der Waals surface area contributed by atoms with Crippen LogP contribution in [0, 0.1) is 0 Å². The van der Waals surface area contributed by atoms with Gasteiger partial charge in [-0.15, -0.1) is 0 Å². The van der Waals surface area contributed by atoms with Gasteiger partial charge in [-0.25, -0.2) is 4.79 Å². The first kappa shape index (κ1) is 14.4. The van der Waals surface area contributed by atoms with Crippen LogP contribution in [0.2, 0.25) is 0 Å². The Kier molecular flexibility index (Phi) is 4.29. The molecule has 1 unspecified atom stereocenters. The molecular weight excluding hydrogens is 254 g/mol. The number of fused-ring (bicyclic) bond motifs is 1. The number of aliphatic hydroxyl groups is 1. The highest BCUT2D eigenvalue weighted by Gasteiger charge is 2.15. The number of aromatic nitrogens is 1. The summed E-state index contributed by atoms with van der Waals surface area (Å²) in [6.07, 6.45) is 2.04. The van der Waals surface area contributed by atoms with E-state index in [4.69, 9.17) is 5.11 Å². The van der Waals surface area contributed by atoms with Gasteiger partial charge in [-0.05, 0) is 37.4 Å². The molecule has 5 heteroatoms. The van der Waals surface area contributed by atoms with Gasteiger partial charge < -0.3 is 19.9 Å². The van der Waals surface area contributed by atoms with Crippen molar-refractivity contribution >= 4 is 22.6 Å². The average Bonchev–Trinajstić information content (AvgIpc) is 2.87. The molecule has 0 saturated carbocycles. The monoisotopic (exact) mass is 275 g/mol. The summed E-state index contributed by atoms with van der Waals surface area (Å²) in [5, 5.41) is 13.1. The summed E-state index contributed by atoms with van der Waals surface area (Å²) < 4.78 is 2.13. The zero-order valence-corrected chi connectivity index (χ0v) is 12.1. The van der Waals surface area contributed by atoms with Gasteiger partial charge in [0.05, 0.1) is 18.2 Å². The SMILES string of the molecule is CCn1ccc2ccc(NC(=O)N(C)C(C)CO)cc21. The van der Waals surface area contributed by atoms with Crippen molar-refractivity contribution in [2.24, 2.45) is 0 Å². The molecule has 2 aromatic rings. The summed E-state index contributed by atoms with van der Waals surface area (Å²) in [6, 6.07) is 7.47. The molecule has 2 N–H and O–H groups in total. The van der Waals surface area contributed by atoms with Crippen LogP contribution >= 0.6 is 0 Å². The van der Waals surface area contributed by atoms with Crippen molar-refractivity contribution in [3.8, 4) is 0 Å². The van der Waals surface area contributed by atoms with E-state index >= 15 is 0 Å². The molecule has 0 radical (unpaired) electrons. The highest BCUT2D eigenvalue weighted by Crippen LogP contribution is 2.20. The van der Waals surface area contributed by atoms with E-state index in [1.54, 1.807) is 14.0 Å². The first-order valence-corrected chi connectivity index (χ1v) is 6.80. The van der Waals surface area contributed by atoms with E-state index in [0.717, 1.165) is 23.1 Å². The first-order chi connectivity index (χ1) is 9.56. The number of amides is 2. The quantitative estimate of drug-likeness (QED) is 0.900. The third-order valence-electron chi connectivity index (χ3n) is 3.61. The van der Waals surface area contributed by atoms with Gasteiger partial charge in [0.2, 0.25) is 0 Å². The molecule has 20 heavy (non-hydrogen) atoms. The number of nitrogens with one attached hydrogen (secondary N) is 1. The molecule has 1 aromatic heterocycles. The Balaban J connectivity index is 2.19. The Labute approximate surface area is 118 Å². The molecule has 1 aromatic carbocycles. The number of hydrogen-bond acceptors (Lipinski definition) is 2. The largest absolute Gasteiger partial charge is 0.394 e. The number of benzene rings is 1. The molecule has 0 aliphatic heterocycles. The maximum atomic E-state index is 12.0. The van der Waals surface area contributed by atoms with E-state index in [-0.39, 0.29) is 18.7 Å². The number of likely N-dealkylation sites (N-methyl/N-ethyl adjacent to an activating group) is 1. The number of carbonyl (C=O) groups is 1. The highest BCUT2D eigenvalue weighted by atomic mass is 16.3. The third kappa shape index (κ3) is 2.77. The standard InChI is InChI=1S/C15H21N3O2/c1-4-18-8-7-12-5-6-13(9-14(12)18)16-15(20)17(3)11(2)10-19/h5-9,11,19H,4,10H2,1-3H3,(H,16,20). The minimum atomic E-state index is -0.222. The van der Waals surface area contributed by atoms with Crippen molar-refractivity contribution < 1.29 is 9.90 Å². The summed E-state index contributed by atoms with van der Waals surface area (Å²) in [6.45, 7) is 4.72. The highest BCUT2D eigenvalue weighted by molar-refractivity contribution is 5.92. The predicted molar refractivity (Wildman–Crippen MR) is 80.9 cm³/mol. The minimum Gasteiger partial charge on any atom is -0.394 e. The number of carbonyl (C=O) groups excluding carboxylic acids is 1. The van der Waals surface area contributed by atoms with Crippen molar-refractivity contribution in [1.82, 2.24) is 9.47 Å². The van der Waals surface area contributed by atoms with Crippen LogP contribution in [0.4, 0.5) is 10.5 Å². The number of rotatable bonds is 4. The van der Waals surface area contributed by atoms with Crippen LogP contribution in [0.1, 0.15) is 13.8 Å². The molecular formula is C15H21N3O2. The predicted octanol–water partition coefficient (Wildman–Crippen LogP) is 2.51. The van der Waals surface area contributed by atoms with Gasteiger partial charge in [0.1, 0.15) is 0 Å². The van der Waals surface area contributed by atoms with E-state index in [1.165, 1.54) is 4.90 Å². The maximum absolute atomic E-state index is 12.0. The van der Waals surface area contributed by atoms with Crippen molar-refractivity contribution in [2.75, 3.05) is 19.0 Å². The summed E-state index contributed by atoms with van der Waals surface area (Å²) in [4.78, 5) is 13.5. The molecule has 0 saturated heterocycles. The Morgan fingerprint density at radius 2 is 2.20 bits per heavy atom. The van der Waals surface area contributed by atoms with Crippen molar-refractivity contribution in [1.29, 1.82) is 0 Å². The van der Waals surface area contributed by atoms with Crippen molar-refractivity contribution in [3.63, 3.8) is 0 Å². The fraction of sp³-hybridized carbons (Fsp3) is 0.400. The zero-order valence-electron chi connectivity index (χ0n) is 12.1. The molecule has 0 spiro atoms. The molecule has 0 bridgehead atoms. The van der Waals surface area contributed by atoms with E-state index in [1.807, 2.05) is 24.4 Å². The number of urea groups is 1. The molecule has 0 fully saturated rings. The smallest absolute Gasteiger partial charge is 0.321 e. The van der Waals surface area contributed by atoms with Crippen LogP contribution in [0.5, 0.6) is 0 Å². The Hall–Kier alpha value is -2.01. The third-order valence-corrected chi connectivity index (χ3v) is 3.61. The lowest BCUT2D eigenvalue weighted by Gasteiger charge is -2.23. The van der Waals surface area contributed by atoms with Gasteiger partial charge in [0.25, 0.3) is 0 Å². The Bertz CT molecular complexity index is 606. The lowest BCUT2D eigenvalue weighted by molar-refractivity contribution is 0.166. The van der Waals surface area contributed by atoms with Gasteiger partial charge in [0, 0.05) is 25.5 Å². The number of hydrogen-bond donors (Lipinski definition) is 2. The second kappa shape index (κ2) is 5.96. The lowest BCUT2D eigenvalue weighted by atomic mass is 10.2. The molecule has 2 rings (SSSR count). The van der Waals surface area contributed by atoms with Crippen molar-refractivity contribution in [3.05, 3.63) is 30.5 Å². The Morgan fingerprint density at radius 3 is 2.85 bits per heavy atom. The molecule has 0 aliphatic carbocycles. The van der Waals surface area contributed by atoms with E-state index in [0.29, 0.717) is 0 Å². The number of aliphatic hydroxyl groups excluding tert-OH is 1. The minimum absolute atomic E-state index is 0.0539. The van der Waals surface area contributed by atoms with Crippen LogP contribution in [0.3, 0.4) is 0 Å². The topological polar surface area (TPSA) is 57.5 Å². The zero-order chi connectivity index (χ0) is 14.7. The van der Waals surface area contributed by atoms with Crippen molar-refractivity contribution in [2.45, 2.75) is 26.4 Å². The first-order valence-electron chi connectivity index (χ1n) is 6.80. The van der Waals surface area contributed by atoms with Crippen LogP contribution in [-0.2, 0) is 6.54 Å². The molecule has 5 nitrogen and oxygen atoms in total. The van der Waals surface area contributed by atoms with Crippen LogP contribution in [-0.4, -0.2) is 40.3 Å². The maximum Gasteiger partial charge on any atom is 0.321 e.